The second-order valence-corrected chi connectivity index (χ2v) is 3.02. The van der Waals surface area contributed by atoms with Gasteiger partial charge < -0.3 is 5.01 Å². The summed E-state index contributed by atoms with van der Waals surface area (Å²) in [5.74, 6) is 5.58. The fraction of sp³-hybridized carbons (Fsp3) is 0.500. The molecule has 0 bridgehead atoms. The number of nitrogens with zero attached hydrogens (tertiary/aromatic N) is 1. The van der Waals surface area contributed by atoms with Gasteiger partial charge in [0, 0.05) is 13.0 Å². The fourth-order valence-electron chi connectivity index (χ4n) is 1.64. The highest BCUT2D eigenvalue weighted by atomic mass is 19.1. The maximum atomic E-state index is 12.7. The number of hydrogen-bond donors (Lipinski definition) is 1. The van der Waals surface area contributed by atoms with Gasteiger partial charge >= 0.3 is 0 Å². The summed E-state index contributed by atoms with van der Waals surface area (Å²) in [7, 11) is 0. The van der Waals surface area contributed by atoms with Crippen LogP contribution in [0.2, 0.25) is 0 Å². The van der Waals surface area contributed by atoms with E-state index in [2.05, 4.69) is 0 Å². The summed E-state index contributed by atoms with van der Waals surface area (Å²) < 4.78 is 12.7. The molecule has 0 aromatic heterocycles. The normalized spacial score (nSPS) is 23.8. The molecule has 0 radical (unpaired) electrons. The molecule has 0 unspecified atom stereocenters. The molecule has 2 nitrogen and oxygen atoms in total. The topological polar surface area (TPSA) is 29.3 Å². The van der Waals surface area contributed by atoms with Gasteiger partial charge in [-0.25, -0.2) is 10.2 Å². The largest absolute Gasteiger partial charge is 0.311 e. The Hall–Kier alpha value is -0.830. The van der Waals surface area contributed by atoms with Crippen LogP contribution in [-0.2, 0) is 0 Å². The Balaban J connectivity index is 2.31. The average Bonchev–Trinajstić information content (AvgIpc) is 2.33. The quantitative estimate of drug-likeness (QED) is 0.535. The van der Waals surface area contributed by atoms with Crippen LogP contribution in [0.4, 0.5) is 4.39 Å². The fourth-order valence-corrected chi connectivity index (χ4v) is 1.64. The Kier molecular flexibility index (Phi) is 1.46. The van der Waals surface area contributed by atoms with Crippen molar-refractivity contribution in [3.8, 4) is 0 Å². The van der Waals surface area contributed by atoms with E-state index in [0.717, 1.165) is 25.1 Å². The SMILES string of the molecule is NN1CCC2=C1C=C(F)CC2. The molecule has 0 spiro atoms. The van der Waals surface area contributed by atoms with Crippen LogP contribution in [-0.4, -0.2) is 11.6 Å². The molecular weight excluding hydrogens is 143 g/mol. The lowest BCUT2D eigenvalue weighted by Gasteiger charge is -2.15. The molecule has 0 saturated carbocycles. The first-order chi connectivity index (χ1) is 5.27. The van der Waals surface area contributed by atoms with E-state index in [1.807, 2.05) is 0 Å². The molecule has 0 atom stereocenters. The van der Waals surface area contributed by atoms with Crippen LogP contribution in [0.15, 0.2) is 23.2 Å². The summed E-state index contributed by atoms with van der Waals surface area (Å²) in [6.45, 7) is 0.842. The maximum Gasteiger partial charge on any atom is 0.102 e. The van der Waals surface area contributed by atoms with Crippen molar-refractivity contribution in [2.75, 3.05) is 6.54 Å². The third-order valence-corrected chi connectivity index (χ3v) is 2.29. The van der Waals surface area contributed by atoms with Crippen molar-refractivity contribution >= 4 is 0 Å². The Labute approximate surface area is 65.1 Å². The molecule has 2 aliphatic rings. The predicted molar refractivity (Wildman–Crippen MR) is 41.0 cm³/mol. The predicted octanol–water partition coefficient (Wildman–Crippen LogP) is 1.47. The van der Waals surface area contributed by atoms with E-state index < -0.39 is 0 Å². The lowest BCUT2D eigenvalue weighted by molar-refractivity contribution is 0.403. The van der Waals surface area contributed by atoms with Gasteiger partial charge in [-0.3, -0.25) is 0 Å². The van der Waals surface area contributed by atoms with Gasteiger partial charge in [0.2, 0.25) is 0 Å². The number of rotatable bonds is 0. The van der Waals surface area contributed by atoms with E-state index in [9.17, 15) is 4.39 Å². The molecule has 60 valence electrons. The van der Waals surface area contributed by atoms with E-state index in [4.69, 9.17) is 5.84 Å². The number of hydrazine groups is 1. The van der Waals surface area contributed by atoms with E-state index in [1.165, 1.54) is 5.57 Å². The zero-order valence-electron chi connectivity index (χ0n) is 6.31. The van der Waals surface area contributed by atoms with Gasteiger partial charge in [0.1, 0.15) is 5.83 Å². The smallest absolute Gasteiger partial charge is 0.102 e. The van der Waals surface area contributed by atoms with Crippen LogP contribution < -0.4 is 5.84 Å². The first-order valence-electron chi connectivity index (χ1n) is 3.88. The summed E-state index contributed by atoms with van der Waals surface area (Å²) >= 11 is 0. The molecule has 1 aliphatic heterocycles. The Bertz CT molecular complexity index is 242. The molecule has 0 fully saturated rings. The molecule has 2 N–H and O–H groups in total. The van der Waals surface area contributed by atoms with Crippen molar-refractivity contribution in [3.05, 3.63) is 23.2 Å². The van der Waals surface area contributed by atoms with Crippen LogP contribution in [0, 0.1) is 0 Å². The van der Waals surface area contributed by atoms with Gasteiger partial charge in [-0.1, -0.05) is 0 Å². The van der Waals surface area contributed by atoms with Gasteiger partial charge in [0.25, 0.3) is 0 Å². The van der Waals surface area contributed by atoms with Gasteiger partial charge in [-0.2, -0.15) is 0 Å². The molecule has 0 aromatic rings. The van der Waals surface area contributed by atoms with Crippen molar-refractivity contribution in [2.24, 2.45) is 5.84 Å². The average molecular weight is 154 g/mol. The first kappa shape index (κ1) is 6.85. The molecule has 3 heteroatoms. The van der Waals surface area contributed by atoms with Crippen molar-refractivity contribution < 1.29 is 4.39 Å². The monoisotopic (exact) mass is 154 g/mol. The minimum Gasteiger partial charge on any atom is -0.311 e. The van der Waals surface area contributed by atoms with Crippen LogP contribution in [0.1, 0.15) is 19.3 Å². The van der Waals surface area contributed by atoms with E-state index in [-0.39, 0.29) is 5.83 Å². The lowest BCUT2D eigenvalue weighted by Crippen LogP contribution is -2.26. The van der Waals surface area contributed by atoms with E-state index >= 15 is 0 Å². The molecule has 0 amide bonds. The lowest BCUT2D eigenvalue weighted by atomic mass is 10.0. The molecule has 2 rings (SSSR count). The molecule has 1 aliphatic carbocycles. The highest BCUT2D eigenvalue weighted by molar-refractivity contribution is 5.33. The summed E-state index contributed by atoms with van der Waals surface area (Å²) in [4.78, 5) is 0. The molecular formula is C8H11FN2. The van der Waals surface area contributed by atoms with Crippen molar-refractivity contribution in [2.45, 2.75) is 19.3 Å². The summed E-state index contributed by atoms with van der Waals surface area (Å²) in [5, 5.41) is 1.63. The van der Waals surface area contributed by atoms with E-state index in [1.54, 1.807) is 11.1 Å². The molecule has 1 heterocycles. The third kappa shape index (κ3) is 1.05. The first-order valence-corrected chi connectivity index (χ1v) is 3.88. The third-order valence-electron chi connectivity index (χ3n) is 2.29. The number of allylic oxidation sites excluding steroid dienone is 2. The van der Waals surface area contributed by atoms with Crippen LogP contribution in [0.25, 0.3) is 0 Å². The van der Waals surface area contributed by atoms with Gasteiger partial charge in [0.05, 0.1) is 5.70 Å². The molecule has 0 aromatic carbocycles. The Morgan fingerprint density at radius 3 is 3.00 bits per heavy atom. The van der Waals surface area contributed by atoms with Gasteiger partial charge in [-0.15, -0.1) is 0 Å². The van der Waals surface area contributed by atoms with Crippen LogP contribution >= 0.6 is 0 Å². The van der Waals surface area contributed by atoms with Gasteiger partial charge in [-0.05, 0) is 24.5 Å². The highest BCUT2D eigenvalue weighted by Gasteiger charge is 2.21. The zero-order valence-corrected chi connectivity index (χ0v) is 6.31. The number of hydrogen-bond acceptors (Lipinski definition) is 2. The summed E-state index contributed by atoms with van der Waals surface area (Å²) in [6, 6.07) is 0. The zero-order chi connectivity index (χ0) is 7.84. The van der Waals surface area contributed by atoms with Crippen molar-refractivity contribution in [1.82, 2.24) is 5.01 Å². The van der Waals surface area contributed by atoms with Crippen molar-refractivity contribution in [1.29, 1.82) is 0 Å². The minimum atomic E-state index is -0.0406. The maximum absolute atomic E-state index is 12.7. The summed E-state index contributed by atoms with van der Waals surface area (Å²) in [5.41, 5.74) is 2.22. The second-order valence-electron chi connectivity index (χ2n) is 3.02. The molecule has 11 heavy (non-hydrogen) atoms. The number of nitrogens with two attached hydrogens (primary N) is 1. The summed E-state index contributed by atoms with van der Waals surface area (Å²) in [6.07, 6.45) is 3.99. The van der Waals surface area contributed by atoms with E-state index in [0.29, 0.717) is 6.42 Å². The van der Waals surface area contributed by atoms with Crippen LogP contribution in [0.5, 0.6) is 0 Å². The minimum absolute atomic E-state index is 0.0406. The standard InChI is InChI=1S/C8H11FN2/c9-7-2-1-6-3-4-11(10)8(6)5-7/h5H,1-4,10H2. The van der Waals surface area contributed by atoms with Gasteiger partial charge in [0.15, 0.2) is 0 Å². The van der Waals surface area contributed by atoms with Crippen LogP contribution in [0.3, 0.4) is 0 Å². The van der Waals surface area contributed by atoms with Crippen molar-refractivity contribution in [3.63, 3.8) is 0 Å². The highest BCUT2D eigenvalue weighted by Crippen LogP contribution is 2.31. The Morgan fingerprint density at radius 1 is 1.36 bits per heavy atom. The Morgan fingerprint density at radius 2 is 2.18 bits per heavy atom. The molecule has 0 saturated heterocycles. The number of halogens is 1. The second kappa shape index (κ2) is 2.34.